The predicted octanol–water partition coefficient (Wildman–Crippen LogP) is 1.91. The van der Waals surface area contributed by atoms with E-state index >= 15 is 0 Å². The second-order valence-electron chi connectivity index (χ2n) is 2.65. The number of rotatable bonds is 3. The summed E-state index contributed by atoms with van der Waals surface area (Å²) in [5, 5.41) is 2.13. The van der Waals surface area contributed by atoms with E-state index in [0.29, 0.717) is 5.56 Å². The zero-order valence-electron chi connectivity index (χ0n) is 7.51. The number of carbonyl (C=O) groups excluding carboxylic acids is 1. The highest BCUT2D eigenvalue weighted by Gasteiger charge is 2.07. The van der Waals surface area contributed by atoms with Crippen LogP contribution >= 0.6 is 0 Å². The molecule has 0 fully saturated rings. The van der Waals surface area contributed by atoms with Crippen molar-refractivity contribution in [2.75, 3.05) is 6.80 Å². The van der Waals surface area contributed by atoms with E-state index in [2.05, 4.69) is 5.32 Å². The molecule has 0 saturated carbocycles. The fraction of sp³-hybridized carbons (Fsp3) is 0.300. The minimum atomic E-state index is -0.823. The molecule has 1 amide bonds. The summed E-state index contributed by atoms with van der Waals surface area (Å²) < 4.78 is 11.8. The number of amides is 1. The molecule has 0 heterocycles. The molecule has 0 unspecified atom stereocenters. The number of halogens is 1. The summed E-state index contributed by atoms with van der Waals surface area (Å²) in [6.45, 7) is 1.14. The minimum absolute atomic E-state index is 0.347. The second kappa shape index (κ2) is 4.60. The number of aryl methyl sites for hydroxylation is 1. The average molecular weight is 181 g/mol. The first-order valence-corrected chi connectivity index (χ1v) is 4.21. The van der Waals surface area contributed by atoms with Gasteiger partial charge in [-0.3, -0.25) is 4.79 Å². The Balaban J connectivity index is 2.92. The molecule has 0 saturated heterocycles. The smallest absolute Gasteiger partial charge is 0.253 e. The van der Waals surface area contributed by atoms with Crippen molar-refractivity contribution in [3.05, 3.63) is 35.4 Å². The van der Waals surface area contributed by atoms with Crippen LogP contribution in [0.5, 0.6) is 0 Å². The largest absolute Gasteiger partial charge is 0.325 e. The van der Waals surface area contributed by atoms with E-state index in [1.807, 2.05) is 19.1 Å². The molecule has 0 spiro atoms. The maximum Gasteiger partial charge on any atom is 0.253 e. The lowest BCUT2D eigenvalue weighted by molar-refractivity contribution is 0.0936. The van der Waals surface area contributed by atoms with E-state index in [4.69, 9.17) is 0 Å². The van der Waals surface area contributed by atoms with Crippen molar-refractivity contribution < 1.29 is 9.18 Å². The van der Waals surface area contributed by atoms with E-state index in [1.165, 1.54) is 0 Å². The van der Waals surface area contributed by atoms with Gasteiger partial charge in [-0.1, -0.05) is 25.1 Å². The van der Waals surface area contributed by atoms with Crippen molar-refractivity contribution in [1.29, 1.82) is 0 Å². The van der Waals surface area contributed by atoms with Crippen molar-refractivity contribution in [2.45, 2.75) is 13.3 Å². The van der Waals surface area contributed by atoms with Crippen molar-refractivity contribution in [2.24, 2.45) is 0 Å². The van der Waals surface area contributed by atoms with Crippen LogP contribution < -0.4 is 5.32 Å². The molecule has 0 aromatic heterocycles. The highest BCUT2D eigenvalue weighted by molar-refractivity contribution is 5.95. The summed E-state index contributed by atoms with van der Waals surface area (Å²) in [5.41, 5.74) is 1.50. The molecule has 0 atom stereocenters. The van der Waals surface area contributed by atoms with Crippen molar-refractivity contribution in [3.63, 3.8) is 0 Å². The molecule has 0 aliphatic heterocycles. The van der Waals surface area contributed by atoms with Crippen molar-refractivity contribution >= 4 is 5.91 Å². The Labute approximate surface area is 76.8 Å². The standard InChI is InChI=1S/C10H12FNO/c1-2-8-5-3-4-6-9(8)10(13)12-7-11/h3-6H,2,7H2,1H3,(H,12,13). The Morgan fingerprint density at radius 2 is 2.15 bits per heavy atom. The van der Waals surface area contributed by atoms with Crippen LogP contribution in [-0.4, -0.2) is 12.7 Å². The Morgan fingerprint density at radius 1 is 1.46 bits per heavy atom. The van der Waals surface area contributed by atoms with Crippen LogP contribution in [0.15, 0.2) is 24.3 Å². The molecule has 0 aliphatic carbocycles. The lowest BCUT2D eigenvalue weighted by atomic mass is 10.1. The van der Waals surface area contributed by atoms with Crippen LogP contribution in [0.3, 0.4) is 0 Å². The van der Waals surface area contributed by atoms with Gasteiger partial charge in [0, 0.05) is 5.56 Å². The number of hydrogen-bond donors (Lipinski definition) is 1. The van der Waals surface area contributed by atoms with E-state index < -0.39 is 6.80 Å². The summed E-state index contributed by atoms with van der Waals surface area (Å²) in [6.07, 6.45) is 0.774. The van der Waals surface area contributed by atoms with Crippen LogP contribution in [0.4, 0.5) is 4.39 Å². The van der Waals surface area contributed by atoms with Crippen LogP contribution in [0.25, 0.3) is 0 Å². The quantitative estimate of drug-likeness (QED) is 0.709. The summed E-state index contributed by atoms with van der Waals surface area (Å²) in [5.74, 6) is -0.347. The molecule has 0 radical (unpaired) electrons. The van der Waals surface area contributed by atoms with Gasteiger partial charge in [-0.2, -0.15) is 0 Å². The van der Waals surface area contributed by atoms with Gasteiger partial charge in [0.2, 0.25) is 0 Å². The van der Waals surface area contributed by atoms with E-state index in [0.717, 1.165) is 12.0 Å². The zero-order chi connectivity index (χ0) is 9.68. The molecule has 1 N–H and O–H groups in total. The Kier molecular flexibility index (Phi) is 3.43. The first kappa shape index (κ1) is 9.71. The van der Waals surface area contributed by atoms with E-state index in [1.54, 1.807) is 12.1 Å². The van der Waals surface area contributed by atoms with E-state index in [-0.39, 0.29) is 5.91 Å². The molecule has 2 nitrogen and oxygen atoms in total. The normalized spacial score (nSPS) is 9.69. The summed E-state index contributed by atoms with van der Waals surface area (Å²) in [4.78, 5) is 11.3. The predicted molar refractivity (Wildman–Crippen MR) is 49.3 cm³/mol. The average Bonchev–Trinajstić information content (AvgIpc) is 2.18. The Morgan fingerprint density at radius 3 is 2.77 bits per heavy atom. The molecular formula is C10H12FNO. The zero-order valence-corrected chi connectivity index (χ0v) is 7.51. The fourth-order valence-electron chi connectivity index (χ4n) is 1.21. The van der Waals surface area contributed by atoms with E-state index in [9.17, 15) is 9.18 Å². The monoisotopic (exact) mass is 181 g/mol. The van der Waals surface area contributed by atoms with Gasteiger partial charge >= 0.3 is 0 Å². The number of alkyl halides is 1. The van der Waals surface area contributed by atoms with Gasteiger partial charge in [-0.05, 0) is 18.1 Å². The van der Waals surface area contributed by atoms with Gasteiger partial charge in [-0.15, -0.1) is 0 Å². The third-order valence-electron chi connectivity index (χ3n) is 1.87. The number of hydrogen-bond acceptors (Lipinski definition) is 1. The van der Waals surface area contributed by atoms with Crippen LogP contribution in [-0.2, 0) is 6.42 Å². The van der Waals surface area contributed by atoms with Crippen LogP contribution in [0.1, 0.15) is 22.8 Å². The lowest BCUT2D eigenvalue weighted by Crippen LogP contribution is -2.23. The first-order chi connectivity index (χ1) is 6.29. The molecule has 1 aromatic carbocycles. The summed E-state index contributed by atoms with van der Waals surface area (Å²) >= 11 is 0. The molecule has 13 heavy (non-hydrogen) atoms. The number of carbonyl (C=O) groups is 1. The third-order valence-corrected chi connectivity index (χ3v) is 1.87. The number of nitrogens with one attached hydrogen (secondary N) is 1. The molecule has 0 bridgehead atoms. The summed E-state index contributed by atoms with van der Waals surface area (Å²) in [6, 6.07) is 7.20. The molecule has 1 aromatic rings. The van der Waals surface area contributed by atoms with Crippen molar-refractivity contribution in [1.82, 2.24) is 5.32 Å². The molecule has 3 heteroatoms. The molecule has 0 aliphatic rings. The fourth-order valence-corrected chi connectivity index (χ4v) is 1.21. The maximum atomic E-state index is 11.8. The van der Waals surface area contributed by atoms with Gasteiger partial charge < -0.3 is 5.32 Å². The summed E-state index contributed by atoms with van der Waals surface area (Å²) in [7, 11) is 0. The maximum absolute atomic E-state index is 11.8. The number of benzene rings is 1. The Hall–Kier alpha value is -1.38. The first-order valence-electron chi connectivity index (χ1n) is 4.21. The molecule has 1 rings (SSSR count). The van der Waals surface area contributed by atoms with Gasteiger partial charge in [0.15, 0.2) is 6.80 Å². The topological polar surface area (TPSA) is 29.1 Å². The van der Waals surface area contributed by atoms with Gasteiger partial charge in [0.25, 0.3) is 5.91 Å². The van der Waals surface area contributed by atoms with Gasteiger partial charge in [0.05, 0.1) is 0 Å². The van der Waals surface area contributed by atoms with Crippen molar-refractivity contribution in [3.8, 4) is 0 Å². The highest BCUT2D eigenvalue weighted by atomic mass is 19.1. The van der Waals surface area contributed by atoms with Crippen LogP contribution in [0, 0.1) is 0 Å². The lowest BCUT2D eigenvalue weighted by Gasteiger charge is -2.05. The minimum Gasteiger partial charge on any atom is -0.325 e. The SMILES string of the molecule is CCc1ccccc1C(=O)NCF. The molecular weight excluding hydrogens is 169 g/mol. The highest BCUT2D eigenvalue weighted by Crippen LogP contribution is 2.08. The Bertz CT molecular complexity index is 299. The second-order valence-corrected chi connectivity index (χ2v) is 2.65. The van der Waals surface area contributed by atoms with Gasteiger partial charge in [0.1, 0.15) is 0 Å². The van der Waals surface area contributed by atoms with Gasteiger partial charge in [-0.25, -0.2) is 4.39 Å². The third kappa shape index (κ3) is 2.28. The van der Waals surface area contributed by atoms with Crippen LogP contribution in [0.2, 0.25) is 0 Å². The molecule has 70 valence electrons.